The van der Waals surface area contributed by atoms with Crippen molar-refractivity contribution in [1.82, 2.24) is 4.57 Å². The number of allylic oxidation sites excluding steroid dienone is 1. The number of esters is 1. The van der Waals surface area contributed by atoms with Gasteiger partial charge < -0.3 is 23.7 Å². The molecule has 1 unspecified atom stereocenters. The summed E-state index contributed by atoms with van der Waals surface area (Å²) in [5.74, 6) is 1.81. The molecule has 2 aromatic carbocycles. The molecule has 0 amide bonds. The molecule has 0 aliphatic carbocycles. The van der Waals surface area contributed by atoms with E-state index in [-0.39, 0.29) is 17.2 Å². The second-order valence-electron chi connectivity index (χ2n) is 9.05. The second kappa shape index (κ2) is 10.4. The summed E-state index contributed by atoms with van der Waals surface area (Å²) in [7, 11) is 2.86. The molecule has 0 spiro atoms. The lowest BCUT2D eigenvalue weighted by atomic mass is 9.95. The number of methoxy groups -OCH3 is 2. The van der Waals surface area contributed by atoms with Crippen LogP contribution in [0.3, 0.4) is 0 Å². The lowest BCUT2D eigenvalue weighted by Crippen LogP contribution is -2.39. The number of hydrogen-bond acceptors (Lipinski definition) is 9. The number of benzene rings is 2. The molecule has 2 aliphatic heterocycles. The molecule has 0 radical (unpaired) electrons. The zero-order valence-corrected chi connectivity index (χ0v) is 22.6. The zero-order chi connectivity index (χ0) is 27.0. The van der Waals surface area contributed by atoms with E-state index in [0.717, 1.165) is 5.56 Å². The van der Waals surface area contributed by atoms with Crippen LogP contribution >= 0.6 is 11.3 Å². The molecule has 10 heteroatoms. The van der Waals surface area contributed by atoms with Gasteiger partial charge in [-0.25, -0.2) is 9.79 Å². The maximum absolute atomic E-state index is 13.8. The predicted octanol–water partition coefficient (Wildman–Crippen LogP) is 2.98. The zero-order valence-electron chi connectivity index (χ0n) is 21.8. The summed E-state index contributed by atoms with van der Waals surface area (Å²) in [6.07, 6.45) is 1.73. The Morgan fingerprint density at radius 2 is 1.87 bits per heavy atom. The van der Waals surface area contributed by atoms with E-state index in [1.165, 1.54) is 23.0 Å². The largest absolute Gasteiger partial charge is 0.493 e. The number of rotatable bonds is 6. The molecular formula is C28H28N2O7S. The molecule has 0 saturated carbocycles. The molecule has 5 rings (SSSR count). The fraction of sp³-hybridized carbons (Fsp3) is 0.321. The highest BCUT2D eigenvalue weighted by Gasteiger charge is 2.33. The maximum atomic E-state index is 13.8. The van der Waals surface area contributed by atoms with Crippen molar-refractivity contribution in [2.75, 3.05) is 27.4 Å². The van der Waals surface area contributed by atoms with E-state index >= 15 is 0 Å². The number of aromatic nitrogens is 1. The van der Waals surface area contributed by atoms with Crippen molar-refractivity contribution in [2.45, 2.75) is 32.9 Å². The Morgan fingerprint density at radius 3 is 2.58 bits per heavy atom. The van der Waals surface area contributed by atoms with Gasteiger partial charge in [0.2, 0.25) is 0 Å². The fourth-order valence-corrected chi connectivity index (χ4v) is 5.56. The number of hydrogen-bond donors (Lipinski definition) is 0. The normalized spacial score (nSPS) is 16.7. The molecule has 9 nitrogen and oxygen atoms in total. The van der Waals surface area contributed by atoms with Crippen LogP contribution < -0.4 is 33.8 Å². The molecule has 2 aliphatic rings. The van der Waals surface area contributed by atoms with Gasteiger partial charge in [-0.05, 0) is 62.2 Å². The fourth-order valence-electron chi connectivity index (χ4n) is 4.51. The van der Waals surface area contributed by atoms with Crippen molar-refractivity contribution in [1.29, 1.82) is 0 Å². The minimum absolute atomic E-state index is 0.0549. The molecule has 3 heterocycles. The van der Waals surface area contributed by atoms with E-state index in [0.29, 0.717) is 56.8 Å². The standard InChI is InChI=1S/C28H28N2O7S/c1-15(2)37-20-9-7-18(14-21(20)33-4)25-24(27(32)34-5)16(3)29-28-30(25)26(31)23(38-28)13-17-6-8-19-22(12-17)36-11-10-35-19/h6-9,12-15,25H,10-11H2,1-5H3/b23-13+. The van der Waals surface area contributed by atoms with Gasteiger partial charge in [-0.3, -0.25) is 9.36 Å². The third-order valence-electron chi connectivity index (χ3n) is 6.16. The first-order valence-electron chi connectivity index (χ1n) is 12.2. The number of fused-ring (bicyclic) bond motifs is 2. The van der Waals surface area contributed by atoms with E-state index < -0.39 is 12.0 Å². The molecule has 1 atom stereocenters. The molecule has 0 bridgehead atoms. The van der Waals surface area contributed by atoms with Gasteiger partial charge in [0.05, 0.1) is 42.2 Å². The van der Waals surface area contributed by atoms with Gasteiger partial charge in [0.1, 0.15) is 13.2 Å². The molecule has 0 N–H and O–H groups in total. The summed E-state index contributed by atoms with van der Waals surface area (Å²) in [6.45, 7) is 6.56. The van der Waals surface area contributed by atoms with Crippen LogP contribution in [0.15, 0.2) is 57.5 Å². The first-order valence-corrected chi connectivity index (χ1v) is 13.0. The van der Waals surface area contributed by atoms with Crippen LogP contribution in [-0.2, 0) is 9.53 Å². The smallest absolute Gasteiger partial charge is 0.338 e. The van der Waals surface area contributed by atoms with Gasteiger partial charge in [0.15, 0.2) is 27.8 Å². The van der Waals surface area contributed by atoms with Gasteiger partial charge >= 0.3 is 5.97 Å². The van der Waals surface area contributed by atoms with Crippen molar-refractivity contribution in [3.63, 3.8) is 0 Å². The highest BCUT2D eigenvalue weighted by atomic mass is 32.1. The van der Waals surface area contributed by atoms with Crippen LogP contribution in [0.25, 0.3) is 6.08 Å². The van der Waals surface area contributed by atoms with Crippen LogP contribution in [0.5, 0.6) is 23.0 Å². The average molecular weight is 537 g/mol. The Kier molecular flexibility index (Phi) is 6.98. The number of carbonyl (C=O) groups is 1. The summed E-state index contributed by atoms with van der Waals surface area (Å²) in [5, 5.41) is 0. The molecule has 3 aromatic rings. The van der Waals surface area contributed by atoms with Crippen molar-refractivity contribution in [3.05, 3.63) is 78.5 Å². The molecule has 0 saturated heterocycles. The maximum Gasteiger partial charge on any atom is 0.338 e. The van der Waals surface area contributed by atoms with E-state index in [1.807, 2.05) is 38.1 Å². The topological polar surface area (TPSA) is 97.6 Å². The van der Waals surface area contributed by atoms with Gasteiger partial charge in [0.25, 0.3) is 5.56 Å². The van der Waals surface area contributed by atoms with E-state index in [1.54, 1.807) is 32.2 Å². The van der Waals surface area contributed by atoms with Crippen molar-refractivity contribution < 1.29 is 28.5 Å². The molecule has 0 fully saturated rings. The number of thiazole rings is 1. The summed E-state index contributed by atoms with van der Waals surface area (Å²) >= 11 is 1.25. The van der Waals surface area contributed by atoms with Crippen molar-refractivity contribution >= 4 is 23.4 Å². The number of carbonyl (C=O) groups excluding carboxylic acids is 1. The van der Waals surface area contributed by atoms with Crippen LogP contribution in [-0.4, -0.2) is 44.1 Å². The lowest BCUT2D eigenvalue weighted by molar-refractivity contribution is -0.136. The van der Waals surface area contributed by atoms with Gasteiger partial charge in [0, 0.05) is 0 Å². The summed E-state index contributed by atoms with van der Waals surface area (Å²) in [5.41, 5.74) is 1.95. The SMILES string of the molecule is COC(=O)C1=C(C)N=c2s/c(=C/c3ccc4c(c3)OCCO4)c(=O)n2C1c1ccc(OC(C)C)c(OC)c1. The quantitative estimate of drug-likeness (QED) is 0.447. The predicted molar refractivity (Wildman–Crippen MR) is 142 cm³/mol. The lowest BCUT2D eigenvalue weighted by Gasteiger charge is -2.25. The average Bonchev–Trinajstić information content (AvgIpc) is 3.21. The third-order valence-corrected chi connectivity index (χ3v) is 7.14. The van der Waals surface area contributed by atoms with E-state index in [4.69, 9.17) is 23.7 Å². The first kappa shape index (κ1) is 25.6. The van der Waals surface area contributed by atoms with Crippen molar-refractivity contribution in [2.24, 2.45) is 4.99 Å². The van der Waals surface area contributed by atoms with E-state index in [2.05, 4.69) is 4.99 Å². The van der Waals surface area contributed by atoms with Crippen LogP contribution in [0.1, 0.15) is 37.9 Å². The highest BCUT2D eigenvalue weighted by Crippen LogP contribution is 2.36. The Balaban J connectivity index is 1.67. The second-order valence-corrected chi connectivity index (χ2v) is 10.1. The Labute approximate surface area is 223 Å². The van der Waals surface area contributed by atoms with Gasteiger partial charge in [-0.1, -0.05) is 23.5 Å². The van der Waals surface area contributed by atoms with Gasteiger partial charge in [-0.2, -0.15) is 0 Å². The molecule has 38 heavy (non-hydrogen) atoms. The minimum atomic E-state index is -0.761. The Hall–Kier alpha value is -4.05. The monoisotopic (exact) mass is 536 g/mol. The highest BCUT2D eigenvalue weighted by molar-refractivity contribution is 7.07. The first-order chi connectivity index (χ1) is 18.3. The summed E-state index contributed by atoms with van der Waals surface area (Å²) < 4.78 is 29.8. The van der Waals surface area contributed by atoms with Crippen LogP contribution in [0, 0.1) is 0 Å². The van der Waals surface area contributed by atoms with Crippen molar-refractivity contribution in [3.8, 4) is 23.0 Å². The number of nitrogens with zero attached hydrogens (tertiary/aromatic N) is 2. The van der Waals surface area contributed by atoms with Crippen LogP contribution in [0.2, 0.25) is 0 Å². The Bertz CT molecular complexity index is 1620. The Morgan fingerprint density at radius 1 is 1.11 bits per heavy atom. The van der Waals surface area contributed by atoms with Crippen LogP contribution in [0.4, 0.5) is 0 Å². The van der Waals surface area contributed by atoms with Gasteiger partial charge in [-0.15, -0.1) is 0 Å². The molecule has 1 aromatic heterocycles. The minimum Gasteiger partial charge on any atom is -0.493 e. The number of ether oxygens (including phenoxy) is 5. The summed E-state index contributed by atoms with van der Waals surface area (Å²) in [6, 6.07) is 10.2. The molecular weight excluding hydrogens is 508 g/mol. The third kappa shape index (κ3) is 4.67. The molecule has 198 valence electrons. The van der Waals surface area contributed by atoms with E-state index in [9.17, 15) is 9.59 Å². The summed E-state index contributed by atoms with van der Waals surface area (Å²) in [4.78, 5) is 31.8.